The first kappa shape index (κ1) is 38.6. The number of nitrogens with one attached hydrogen (secondary N) is 3. The summed E-state index contributed by atoms with van der Waals surface area (Å²) in [6.07, 6.45) is 4.76. The minimum absolute atomic E-state index is 0.0142. The Bertz CT molecular complexity index is 1750. The normalized spacial score (nSPS) is 25.2. The molecular weight excluding hydrogens is 698 g/mol. The summed E-state index contributed by atoms with van der Waals surface area (Å²) in [5, 5.41) is 7.62. The van der Waals surface area contributed by atoms with Gasteiger partial charge in [0.1, 0.15) is 60.3 Å². The van der Waals surface area contributed by atoms with Crippen LogP contribution in [0.2, 0.25) is 0 Å². The van der Waals surface area contributed by atoms with E-state index in [2.05, 4.69) is 16.0 Å². The van der Waals surface area contributed by atoms with Crippen molar-refractivity contribution in [2.75, 3.05) is 26.7 Å². The number of carbonyl (C=O) groups excluding carboxylic acids is 7. The number of hydrogen-bond donors (Lipinski definition) is 3. The molecule has 15 nitrogen and oxygen atoms in total. The quantitative estimate of drug-likeness (QED) is 0.271. The number of nitrogens with zero attached hydrogens (tertiary/aromatic N) is 3. The smallest absolute Gasteiger partial charge is 0.328 e. The van der Waals surface area contributed by atoms with Crippen molar-refractivity contribution in [1.29, 1.82) is 0 Å². The lowest BCUT2D eigenvalue weighted by atomic mass is 10.0. The largest absolute Gasteiger partial charge is 0.465 e. The van der Waals surface area contributed by atoms with Gasteiger partial charge in [0.2, 0.25) is 35.4 Å². The van der Waals surface area contributed by atoms with Crippen LogP contribution in [0.3, 0.4) is 0 Å². The Morgan fingerprint density at radius 3 is 2.28 bits per heavy atom. The lowest BCUT2D eigenvalue weighted by Crippen LogP contribution is -2.60. The zero-order valence-electron chi connectivity index (χ0n) is 29.5. The van der Waals surface area contributed by atoms with E-state index >= 15 is 0 Å². The highest BCUT2D eigenvalue weighted by atomic mass is 19.1. The van der Waals surface area contributed by atoms with Crippen LogP contribution in [0.5, 0.6) is 0 Å². The fourth-order valence-corrected chi connectivity index (χ4v) is 6.66. The maximum Gasteiger partial charge on any atom is 0.328 e. The Hall–Kier alpha value is -5.61. The van der Waals surface area contributed by atoms with Crippen molar-refractivity contribution in [2.24, 2.45) is 0 Å². The lowest BCUT2D eigenvalue weighted by molar-refractivity contribution is -0.158. The maximum absolute atomic E-state index is 14.2. The van der Waals surface area contributed by atoms with E-state index in [0.717, 1.165) is 18.2 Å². The van der Waals surface area contributed by atoms with Crippen molar-refractivity contribution in [1.82, 2.24) is 30.7 Å². The molecule has 0 saturated carbocycles. The first-order valence-corrected chi connectivity index (χ1v) is 17.4. The van der Waals surface area contributed by atoms with Gasteiger partial charge in [-0.05, 0) is 75.4 Å². The van der Waals surface area contributed by atoms with Crippen LogP contribution >= 0.6 is 0 Å². The molecule has 0 unspecified atom stereocenters. The Balaban J connectivity index is 1.45. The molecule has 6 amide bonds. The number of amides is 6. The average molecular weight is 741 g/mol. The van der Waals surface area contributed by atoms with E-state index in [9.17, 15) is 42.3 Å². The standard InChI is InChI=1S/C36H42F2N6O9/c1-20-33(48)44-13-5-9-29(44)36(51)53-19-27(34(49)43-12-4-8-28(43)35(50)42(3)21(2)31(46)39-20)41-32(47)26(17-22-15-23(37)18-24(38)16-22)40-30(45)11-10-25-7-6-14-52-25/h6-7,10-11,14-16,18,20-21,26-29H,4-5,8-9,12-13,17,19H2,1-3H3,(H,39,46)(H,40,45)(H,41,47)/b11-10+/t20-,21-,26-,27-,28-,29-/m0/s1. The number of furan rings is 1. The number of rotatable bonds is 7. The molecule has 53 heavy (non-hydrogen) atoms. The van der Waals surface area contributed by atoms with Crippen molar-refractivity contribution in [3.63, 3.8) is 0 Å². The van der Waals surface area contributed by atoms with E-state index in [1.165, 1.54) is 47.9 Å². The predicted octanol–water partition coefficient (Wildman–Crippen LogP) is 0.674. The topological polar surface area (TPSA) is 188 Å². The van der Waals surface area contributed by atoms with E-state index in [1.54, 1.807) is 12.1 Å². The molecule has 0 aliphatic carbocycles. The molecule has 0 bridgehead atoms. The van der Waals surface area contributed by atoms with Gasteiger partial charge >= 0.3 is 5.97 Å². The second-order valence-corrected chi connectivity index (χ2v) is 13.3. The molecule has 3 aliphatic heterocycles. The summed E-state index contributed by atoms with van der Waals surface area (Å²) in [5.74, 6) is -6.59. The van der Waals surface area contributed by atoms with Crippen molar-refractivity contribution >= 4 is 47.5 Å². The van der Waals surface area contributed by atoms with Crippen LogP contribution in [0.4, 0.5) is 8.78 Å². The molecule has 17 heteroatoms. The zero-order chi connectivity index (χ0) is 38.4. The Morgan fingerprint density at radius 2 is 1.62 bits per heavy atom. The number of carbonyl (C=O) groups is 7. The molecule has 5 rings (SSSR count). The summed E-state index contributed by atoms with van der Waals surface area (Å²) >= 11 is 0. The van der Waals surface area contributed by atoms with Crippen LogP contribution in [0.25, 0.3) is 6.08 Å². The van der Waals surface area contributed by atoms with E-state index in [-0.39, 0.29) is 31.5 Å². The van der Waals surface area contributed by atoms with Gasteiger partial charge in [-0.3, -0.25) is 28.8 Å². The van der Waals surface area contributed by atoms with Crippen molar-refractivity contribution < 1.29 is 51.5 Å². The molecule has 0 radical (unpaired) electrons. The van der Waals surface area contributed by atoms with Gasteiger partial charge < -0.3 is 39.8 Å². The number of likely N-dealkylation sites (N-methyl/N-ethyl adjacent to an activating group) is 1. The highest BCUT2D eigenvalue weighted by Crippen LogP contribution is 2.23. The second kappa shape index (κ2) is 16.8. The van der Waals surface area contributed by atoms with Crippen LogP contribution in [0.1, 0.15) is 50.9 Å². The van der Waals surface area contributed by atoms with Crippen molar-refractivity contribution in [3.8, 4) is 0 Å². The number of halogens is 2. The van der Waals surface area contributed by atoms with Crippen LogP contribution in [0.15, 0.2) is 47.1 Å². The van der Waals surface area contributed by atoms with Crippen molar-refractivity contribution in [3.05, 3.63) is 65.6 Å². The summed E-state index contributed by atoms with van der Waals surface area (Å²) < 4.78 is 39.0. The average Bonchev–Trinajstić information content (AvgIpc) is 3.92. The summed E-state index contributed by atoms with van der Waals surface area (Å²) in [6.45, 7) is 2.56. The minimum Gasteiger partial charge on any atom is -0.465 e. The second-order valence-electron chi connectivity index (χ2n) is 13.3. The zero-order valence-corrected chi connectivity index (χ0v) is 29.5. The van der Waals surface area contributed by atoms with Gasteiger partial charge in [-0.2, -0.15) is 0 Å². The van der Waals surface area contributed by atoms with E-state index in [4.69, 9.17) is 9.15 Å². The molecule has 6 atom stereocenters. The molecule has 3 saturated heterocycles. The highest BCUT2D eigenvalue weighted by Gasteiger charge is 2.43. The monoisotopic (exact) mass is 740 g/mol. The Kier molecular flexibility index (Phi) is 12.3. The van der Waals surface area contributed by atoms with Gasteiger partial charge in [-0.15, -0.1) is 0 Å². The number of esters is 1. The third kappa shape index (κ3) is 9.25. The summed E-state index contributed by atoms with van der Waals surface area (Å²) in [6, 6.07) is -1.41. The number of hydrogen-bond acceptors (Lipinski definition) is 9. The Labute approximate surface area is 304 Å². The molecule has 284 valence electrons. The fourth-order valence-electron chi connectivity index (χ4n) is 6.66. The number of ether oxygens (including phenoxy) is 1. The minimum atomic E-state index is -1.59. The van der Waals surface area contributed by atoms with E-state index in [0.29, 0.717) is 24.7 Å². The highest BCUT2D eigenvalue weighted by molar-refractivity contribution is 5.98. The third-order valence-electron chi connectivity index (χ3n) is 9.61. The molecule has 1 aromatic carbocycles. The third-order valence-corrected chi connectivity index (χ3v) is 9.61. The first-order chi connectivity index (χ1) is 25.2. The van der Waals surface area contributed by atoms with Gasteiger partial charge in [0.05, 0.1) is 6.26 Å². The SMILES string of the molecule is C[C@@H]1NC(=O)[C@H](C)N(C)C(=O)[C@@H]2CCCN2C(=O)[C@@H](NC(=O)[C@H](Cc2cc(F)cc(F)c2)NC(=O)/C=C/c2ccco2)COC(=O)[C@@H]2CCCN2C1=O. The number of cyclic esters (lactones) is 1. The van der Waals surface area contributed by atoms with Crippen molar-refractivity contribution in [2.45, 2.75) is 82.2 Å². The van der Waals surface area contributed by atoms with Crippen LogP contribution < -0.4 is 16.0 Å². The molecule has 2 aromatic rings. The van der Waals surface area contributed by atoms with Crippen LogP contribution in [0, 0.1) is 11.6 Å². The molecule has 3 N–H and O–H groups in total. The fraction of sp³-hybridized carbons (Fsp3) is 0.472. The summed E-state index contributed by atoms with van der Waals surface area (Å²) in [7, 11) is 1.41. The molecule has 3 fully saturated rings. The molecule has 0 spiro atoms. The Morgan fingerprint density at radius 1 is 0.962 bits per heavy atom. The van der Waals surface area contributed by atoms with Gasteiger partial charge in [-0.25, -0.2) is 13.6 Å². The summed E-state index contributed by atoms with van der Waals surface area (Å²) in [5.41, 5.74) is 0.0142. The van der Waals surface area contributed by atoms with Gasteiger partial charge in [0.15, 0.2) is 0 Å². The molecule has 4 heterocycles. The number of benzene rings is 1. The van der Waals surface area contributed by atoms with Gasteiger partial charge in [0, 0.05) is 38.7 Å². The van der Waals surface area contributed by atoms with Gasteiger partial charge in [0.25, 0.3) is 0 Å². The molecule has 1 aromatic heterocycles. The van der Waals surface area contributed by atoms with Gasteiger partial charge in [-0.1, -0.05) is 0 Å². The van der Waals surface area contributed by atoms with E-state index in [1.807, 2.05) is 0 Å². The maximum atomic E-state index is 14.2. The first-order valence-electron chi connectivity index (χ1n) is 17.4. The summed E-state index contributed by atoms with van der Waals surface area (Å²) in [4.78, 5) is 98.4. The molecule has 3 aliphatic rings. The number of fused-ring (bicyclic) bond motifs is 2. The van der Waals surface area contributed by atoms with Crippen LogP contribution in [-0.2, 0) is 44.7 Å². The predicted molar refractivity (Wildman–Crippen MR) is 182 cm³/mol. The lowest BCUT2D eigenvalue weighted by Gasteiger charge is -2.34. The van der Waals surface area contributed by atoms with E-state index < -0.39 is 102 Å². The molecular formula is C36H42F2N6O9. The van der Waals surface area contributed by atoms with Crippen LogP contribution in [-0.4, -0.2) is 119 Å².